The van der Waals surface area contributed by atoms with E-state index in [0.717, 1.165) is 12.8 Å². The van der Waals surface area contributed by atoms with Gasteiger partial charge < -0.3 is 10.5 Å². The molecule has 2 aliphatic rings. The number of nitrogens with two attached hydrogens (primary N) is 1. The number of amidine groups is 1. The molecule has 2 heterocycles. The van der Waals surface area contributed by atoms with Crippen molar-refractivity contribution in [3.05, 3.63) is 30.1 Å². The third kappa shape index (κ3) is 2.12. The van der Waals surface area contributed by atoms with Crippen LogP contribution in [0.2, 0.25) is 0 Å². The van der Waals surface area contributed by atoms with E-state index in [1.165, 1.54) is 18.4 Å². The van der Waals surface area contributed by atoms with Gasteiger partial charge in [0.05, 0.1) is 6.04 Å². The molecule has 90 valence electrons. The van der Waals surface area contributed by atoms with E-state index in [0.29, 0.717) is 18.0 Å². The largest absolute Gasteiger partial charge is 0.463 e. The molecule has 0 spiro atoms. The highest BCUT2D eigenvalue weighted by Crippen LogP contribution is 2.51. The number of pyridine rings is 1. The van der Waals surface area contributed by atoms with Gasteiger partial charge in [-0.15, -0.1) is 0 Å². The Morgan fingerprint density at radius 3 is 2.94 bits per heavy atom. The van der Waals surface area contributed by atoms with Gasteiger partial charge in [-0.05, 0) is 42.7 Å². The molecule has 1 aliphatic carbocycles. The van der Waals surface area contributed by atoms with Crippen LogP contribution in [0, 0.1) is 0 Å². The molecule has 3 rings (SSSR count). The predicted molar refractivity (Wildman–Crippen MR) is 65.7 cm³/mol. The van der Waals surface area contributed by atoms with Gasteiger partial charge in [0, 0.05) is 12.4 Å². The lowest BCUT2D eigenvalue weighted by Gasteiger charge is -2.16. The first-order valence-corrected chi connectivity index (χ1v) is 6.15. The number of rotatable bonds is 4. The van der Waals surface area contributed by atoms with Gasteiger partial charge in [-0.25, -0.2) is 4.99 Å². The van der Waals surface area contributed by atoms with Gasteiger partial charge >= 0.3 is 0 Å². The van der Waals surface area contributed by atoms with Crippen LogP contribution < -0.4 is 5.73 Å². The first-order valence-electron chi connectivity index (χ1n) is 6.15. The fourth-order valence-electron chi connectivity index (χ4n) is 2.54. The zero-order valence-corrected chi connectivity index (χ0v) is 9.80. The van der Waals surface area contributed by atoms with Gasteiger partial charge in [-0.1, -0.05) is 6.07 Å². The quantitative estimate of drug-likeness (QED) is 0.856. The lowest BCUT2D eigenvalue weighted by molar-refractivity contribution is 0.302. The number of hydrogen-bond acceptors (Lipinski definition) is 4. The highest BCUT2D eigenvalue weighted by atomic mass is 16.5. The minimum atomic E-state index is 0.254. The second-order valence-corrected chi connectivity index (χ2v) is 4.99. The molecular weight excluding hydrogens is 214 g/mol. The van der Waals surface area contributed by atoms with E-state index in [-0.39, 0.29) is 6.04 Å². The van der Waals surface area contributed by atoms with Gasteiger partial charge in [0.2, 0.25) is 0 Å². The summed E-state index contributed by atoms with van der Waals surface area (Å²) in [4.78, 5) is 8.48. The van der Waals surface area contributed by atoms with Crippen molar-refractivity contribution in [3.63, 3.8) is 0 Å². The van der Waals surface area contributed by atoms with Crippen LogP contribution in [0.4, 0.5) is 0 Å². The summed E-state index contributed by atoms with van der Waals surface area (Å²) in [6, 6.07) is 4.80. The molecule has 17 heavy (non-hydrogen) atoms. The van der Waals surface area contributed by atoms with Crippen LogP contribution in [0.25, 0.3) is 0 Å². The third-order valence-electron chi connectivity index (χ3n) is 3.82. The Balaban J connectivity index is 1.62. The molecule has 4 nitrogen and oxygen atoms in total. The molecule has 1 aromatic heterocycles. The van der Waals surface area contributed by atoms with E-state index >= 15 is 0 Å². The highest BCUT2D eigenvalue weighted by Gasteiger charge is 2.44. The van der Waals surface area contributed by atoms with E-state index in [2.05, 4.69) is 16.0 Å². The van der Waals surface area contributed by atoms with Crippen LogP contribution in [0.3, 0.4) is 0 Å². The van der Waals surface area contributed by atoms with Gasteiger partial charge in [0.25, 0.3) is 6.02 Å². The Hall–Kier alpha value is -1.58. The van der Waals surface area contributed by atoms with Gasteiger partial charge in [0.1, 0.15) is 6.61 Å². The average Bonchev–Trinajstić information content (AvgIpc) is 3.05. The van der Waals surface area contributed by atoms with Crippen molar-refractivity contribution in [1.82, 2.24) is 4.98 Å². The molecule has 0 radical (unpaired) electrons. The van der Waals surface area contributed by atoms with Crippen LogP contribution >= 0.6 is 0 Å². The highest BCUT2D eigenvalue weighted by molar-refractivity contribution is 5.72. The maximum Gasteiger partial charge on any atom is 0.282 e. The molecule has 0 bridgehead atoms. The molecule has 0 unspecified atom stereocenters. The maximum absolute atomic E-state index is 5.51. The molecule has 0 aromatic carbocycles. The van der Waals surface area contributed by atoms with Crippen LogP contribution in [0.1, 0.15) is 31.2 Å². The van der Waals surface area contributed by atoms with Crippen molar-refractivity contribution >= 4 is 6.02 Å². The molecule has 1 fully saturated rings. The number of aromatic nitrogens is 1. The fraction of sp³-hybridized carbons (Fsp3) is 0.538. The van der Waals surface area contributed by atoms with Crippen LogP contribution in [0.15, 0.2) is 29.5 Å². The molecular formula is C13H17N3O. The summed E-state index contributed by atoms with van der Waals surface area (Å²) in [6.45, 7) is 0.648. The first kappa shape index (κ1) is 10.6. The smallest absolute Gasteiger partial charge is 0.282 e. The standard InChI is InChI=1S/C13H17N3O/c14-12-16-11(9-17-12)3-4-13(5-6-13)10-2-1-7-15-8-10/h1-2,7-8,11H,3-6,9H2,(H2,14,16)/t11-/m0/s1. The van der Waals surface area contributed by atoms with E-state index in [1.807, 2.05) is 18.5 Å². The SMILES string of the molecule is NC1=N[C@@H](CCC2(c3cccnc3)CC2)CO1. The summed E-state index contributed by atoms with van der Waals surface area (Å²) in [7, 11) is 0. The van der Waals surface area contributed by atoms with E-state index in [9.17, 15) is 0 Å². The van der Waals surface area contributed by atoms with E-state index < -0.39 is 0 Å². The molecule has 1 atom stereocenters. The Labute approximate surface area is 101 Å². The minimum Gasteiger partial charge on any atom is -0.463 e. The van der Waals surface area contributed by atoms with Gasteiger partial charge in [-0.3, -0.25) is 4.98 Å². The normalized spacial score (nSPS) is 25.2. The summed E-state index contributed by atoms with van der Waals surface area (Å²) < 4.78 is 5.17. The Kier molecular flexibility index (Phi) is 2.50. The summed E-state index contributed by atoms with van der Waals surface area (Å²) in [6.07, 6.45) is 8.57. The van der Waals surface area contributed by atoms with E-state index in [4.69, 9.17) is 10.5 Å². The summed E-state index contributed by atoms with van der Waals surface area (Å²) >= 11 is 0. The van der Waals surface area contributed by atoms with Crippen molar-refractivity contribution in [1.29, 1.82) is 0 Å². The molecule has 0 amide bonds. The molecule has 1 aromatic rings. The lowest BCUT2D eigenvalue weighted by atomic mass is 9.91. The van der Waals surface area contributed by atoms with Crippen molar-refractivity contribution in [3.8, 4) is 0 Å². The Morgan fingerprint density at radius 2 is 2.35 bits per heavy atom. The van der Waals surface area contributed by atoms with E-state index in [1.54, 1.807) is 0 Å². The third-order valence-corrected chi connectivity index (χ3v) is 3.82. The topological polar surface area (TPSA) is 60.5 Å². The monoisotopic (exact) mass is 231 g/mol. The minimum absolute atomic E-state index is 0.254. The average molecular weight is 231 g/mol. The second-order valence-electron chi connectivity index (χ2n) is 4.99. The predicted octanol–water partition coefficient (Wildman–Crippen LogP) is 1.61. The van der Waals surface area contributed by atoms with Crippen LogP contribution in [-0.2, 0) is 10.2 Å². The zero-order valence-electron chi connectivity index (χ0n) is 9.80. The first-order chi connectivity index (χ1) is 8.28. The summed E-state index contributed by atoms with van der Waals surface area (Å²) in [5.74, 6) is 0. The molecule has 1 aliphatic heterocycles. The second kappa shape index (κ2) is 4.02. The maximum atomic E-state index is 5.51. The van der Waals surface area contributed by atoms with Crippen molar-refractivity contribution in [2.75, 3.05) is 6.61 Å². The van der Waals surface area contributed by atoms with Crippen LogP contribution in [0.5, 0.6) is 0 Å². The molecule has 1 saturated carbocycles. The van der Waals surface area contributed by atoms with Crippen molar-refractivity contribution < 1.29 is 4.74 Å². The lowest BCUT2D eigenvalue weighted by Crippen LogP contribution is -2.13. The molecule has 2 N–H and O–H groups in total. The Morgan fingerprint density at radius 1 is 1.47 bits per heavy atom. The van der Waals surface area contributed by atoms with Crippen LogP contribution in [-0.4, -0.2) is 23.7 Å². The summed E-state index contributed by atoms with van der Waals surface area (Å²) in [5.41, 5.74) is 7.24. The van der Waals surface area contributed by atoms with Gasteiger partial charge in [-0.2, -0.15) is 0 Å². The molecule has 4 heteroatoms. The number of ether oxygens (including phenoxy) is 1. The number of nitrogens with zero attached hydrogens (tertiary/aromatic N) is 2. The summed E-state index contributed by atoms with van der Waals surface area (Å²) in [5, 5.41) is 0. The zero-order chi connectivity index (χ0) is 11.7. The molecule has 0 saturated heterocycles. The van der Waals surface area contributed by atoms with Crippen molar-refractivity contribution in [2.24, 2.45) is 10.7 Å². The van der Waals surface area contributed by atoms with Gasteiger partial charge in [0.15, 0.2) is 0 Å². The number of aliphatic imine (C=N–C) groups is 1. The number of hydrogen-bond donors (Lipinski definition) is 1. The van der Waals surface area contributed by atoms with Crippen molar-refractivity contribution in [2.45, 2.75) is 37.1 Å². The fourth-order valence-corrected chi connectivity index (χ4v) is 2.54. The Bertz CT molecular complexity index is 426.